The van der Waals surface area contributed by atoms with Gasteiger partial charge in [0.25, 0.3) is 0 Å². The van der Waals surface area contributed by atoms with Gasteiger partial charge in [-0.2, -0.15) is 0 Å². The number of pyridine rings is 3. The molecule has 0 radical (unpaired) electrons. The Hall–Kier alpha value is -3.63. The van der Waals surface area contributed by atoms with Gasteiger partial charge in [-0.3, -0.25) is 9.97 Å². The summed E-state index contributed by atoms with van der Waals surface area (Å²) in [5.74, 6) is -0.706. The van der Waals surface area contributed by atoms with E-state index in [9.17, 15) is 9.59 Å². The average Bonchev–Trinajstić information content (AvgIpc) is 3.41. The summed E-state index contributed by atoms with van der Waals surface area (Å²) < 4.78 is 23.9. The average molecular weight is 752 g/mol. The number of aryl methyl sites for hydroxylation is 4. The van der Waals surface area contributed by atoms with Crippen molar-refractivity contribution in [1.82, 2.24) is 15.0 Å². The number of aromatic nitrogens is 3. The number of hydrogen-bond acceptors (Lipinski definition) is 9. The molecule has 10 heteroatoms. The van der Waals surface area contributed by atoms with Crippen LogP contribution in [-0.4, -0.2) is 59.4 Å². The fourth-order valence-electron chi connectivity index (χ4n) is 8.21. The van der Waals surface area contributed by atoms with Crippen molar-refractivity contribution in [2.24, 2.45) is 0 Å². The molecule has 3 aliphatic heterocycles. The lowest BCUT2D eigenvalue weighted by atomic mass is 9.78. The Balaban J connectivity index is 1.57. The summed E-state index contributed by atoms with van der Waals surface area (Å²) in [5.41, 5.74) is 7.22. The smallest absolute Gasteiger partial charge is 0.465 e. The molecule has 0 saturated carbocycles. The first-order chi connectivity index (χ1) is 26.5. The van der Waals surface area contributed by atoms with Crippen LogP contribution in [0.15, 0.2) is 24.3 Å². The molecule has 0 atom stereocenters. The second kappa shape index (κ2) is 18.5. The number of esters is 2. The van der Waals surface area contributed by atoms with Gasteiger partial charge in [0.1, 0.15) is 0 Å². The normalized spacial score (nSPS) is 19.7. The monoisotopic (exact) mass is 751 g/mol. The topological polar surface area (TPSA) is 110 Å². The van der Waals surface area contributed by atoms with Crippen LogP contribution in [0.3, 0.4) is 0 Å². The van der Waals surface area contributed by atoms with E-state index in [0.29, 0.717) is 35.4 Å². The number of methoxy groups -OCH3 is 2. The van der Waals surface area contributed by atoms with Crippen LogP contribution < -0.4 is 5.46 Å². The Kier molecular flexibility index (Phi) is 13.8. The molecule has 55 heavy (non-hydrogen) atoms. The van der Waals surface area contributed by atoms with Crippen molar-refractivity contribution in [2.45, 2.75) is 167 Å². The predicted octanol–water partition coefficient (Wildman–Crippen LogP) is 9.52. The summed E-state index contributed by atoms with van der Waals surface area (Å²) in [6.45, 7) is 8.26. The van der Waals surface area contributed by atoms with E-state index < -0.39 is 18.3 Å². The first kappa shape index (κ1) is 41.0. The van der Waals surface area contributed by atoms with Crippen molar-refractivity contribution in [3.8, 4) is 22.8 Å². The van der Waals surface area contributed by atoms with E-state index in [1.54, 1.807) is 0 Å². The maximum atomic E-state index is 13.2. The van der Waals surface area contributed by atoms with Crippen LogP contribution in [0.1, 0.15) is 174 Å². The zero-order valence-corrected chi connectivity index (χ0v) is 34.3. The van der Waals surface area contributed by atoms with E-state index >= 15 is 0 Å². The van der Waals surface area contributed by atoms with Crippen LogP contribution in [0.5, 0.6) is 0 Å². The summed E-state index contributed by atoms with van der Waals surface area (Å²) in [6, 6.07) is 8.12. The van der Waals surface area contributed by atoms with Gasteiger partial charge in [0.15, 0.2) is 0 Å². The molecular formula is C45H62BN3O6. The zero-order chi connectivity index (χ0) is 39.0. The molecule has 9 nitrogen and oxygen atoms in total. The quantitative estimate of drug-likeness (QED) is 0.186. The SMILES string of the molecule is COC(=O)c1cc2c(-c3cc(B4OC(C)(C)C(C)(C)O4)cc(-c4nc5c(C(=O)OC)cc4CCCCCCCCCC5)n3)nc1CCCCCCCCCC2. The third-order valence-electron chi connectivity index (χ3n) is 12.2. The minimum absolute atomic E-state index is 0.353. The lowest BCUT2D eigenvalue weighted by Gasteiger charge is -2.32. The van der Waals surface area contributed by atoms with Crippen molar-refractivity contribution < 1.29 is 28.4 Å². The number of ether oxygens (including phenoxy) is 2. The highest BCUT2D eigenvalue weighted by molar-refractivity contribution is 6.62. The highest BCUT2D eigenvalue weighted by Crippen LogP contribution is 2.38. The second-order valence-electron chi connectivity index (χ2n) is 16.9. The van der Waals surface area contributed by atoms with E-state index in [2.05, 4.69) is 39.8 Å². The Morgan fingerprint density at radius 2 is 0.873 bits per heavy atom. The highest BCUT2D eigenvalue weighted by atomic mass is 16.7. The van der Waals surface area contributed by atoms with Crippen molar-refractivity contribution in [3.63, 3.8) is 0 Å². The highest BCUT2D eigenvalue weighted by Gasteiger charge is 2.52. The molecule has 4 bridgehead atoms. The molecule has 296 valence electrons. The molecule has 5 aliphatic rings. The van der Waals surface area contributed by atoms with Gasteiger partial charge in [0.05, 0.1) is 70.7 Å². The van der Waals surface area contributed by atoms with Gasteiger partial charge in [0, 0.05) is 0 Å². The fourth-order valence-corrected chi connectivity index (χ4v) is 8.21. The molecule has 8 rings (SSSR count). The molecule has 0 spiro atoms. The van der Waals surface area contributed by atoms with Gasteiger partial charge in [0.2, 0.25) is 0 Å². The van der Waals surface area contributed by atoms with E-state index in [4.69, 9.17) is 33.7 Å². The number of nitrogens with zero attached hydrogens (tertiary/aromatic N) is 3. The van der Waals surface area contributed by atoms with Gasteiger partial charge >= 0.3 is 19.1 Å². The standard InChI is InChI=1S/C45H62BN3O6/c1-44(2)45(3,4)55-46(54-44)33-29-38(40-31-23-19-15-11-7-9-13-17-21-25-36(48-40)34(27-31)42(50)52-5)47-39(30-33)41-32-24-20-16-12-8-10-14-18-22-26-37(49-41)35(28-32)43(51)53-6/h27-30H,7-26H2,1-6H3. The molecule has 6 heterocycles. The maximum Gasteiger partial charge on any atom is 0.494 e. The largest absolute Gasteiger partial charge is 0.494 e. The predicted molar refractivity (Wildman–Crippen MR) is 218 cm³/mol. The van der Waals surface area contributed by atoms with E-state index in [-0.39, 0.29) is 11.9 Å². The maximum absolute atomic E-state index is 13.2. The van der Waals surface area contributed by atoms with Crippen molar-refractivity contribution in [1.29, 1.82) is 0 Å². The molecular weight excluding hydrogens is 689 g/mol. The number of carbonyl (C=O) groups excluding carboxylic acids is 2. The van der Waals surface area contributed by atoms with Gasteiger partial charge in [-0.05, 0) is 120 Å². The number of fused-ring (bicyclic) bond motifs is 22. The second-order valence-corrected chi connectivity index (χ2v) is 16.9. The van der Waals surface area contributed by atoms with Crippen LogP contribution in [0.25, 0.3) is 22.8 Å². The van der Waals surface area contributed by atoms with Crippen LogP contribution in [0.4, 0.5) is 0 Å². The summed E-state index contributed by atoms with van der Waals surface area (Å²) in [4.78, 5) is 42.5. The summed E-state index contributed by atoms with van der Waals surface area (Å²) >= 11 is 0. The van der Waals surface area contributed by atoms with Gasteiger partial charge in [-0.1, -0.05) is 77.0 Å². The van der Waals surface area contributed by atoms with Crippen molar-refractivity contribution >= 4 is 24.5 Å². The van der Waals surface area contributed by atoms with Crippen LogP contribution in [0, 0.1) is 0 Å². The molecule has 0 aromatic carbocycles. The Bertz CT molecular complexity index is 1700. The van der Waals surface area contributed by atoms with E-state index in [1.807, 2.05) is 12.1 Å². The van der Waals surface area contributed by atoms with Crippen LogP contribution >= 0.6 is 0 Å². The molecule has 0 unspecified atom stereocenters. The third kappa shape index (κ3) is 9.85. The Morgan fingerprint density at radius 1 is 0.527 bits per heavy atom. The lowest BCUT2D eigenvalue weighted by molar-refractivity contribution is 0.00578. The van der Waals surface area contributed by atoms with Gasteiger partial charge in [-0.25, -0.2) is 14.6 Å². The first-order valence-electron chi connectivity index (χ1n) is 21.1. The molecule has 0 amide bonds. The number of hydrogen-bond donors (Lipinski definition) is 0. The summed E-state index contributed by atoms with van der Waals surface area (Å²) in [7, 11) is 2.24. The Morgan fingerprint density at radius 3 is 1.24 bits per heavy atom. The molecule has 1 saturated heterocycles. The van der Waals surface area contributed by atoms with E-state index in [0.717, 1.165) is 104 Å². The lowest BCUT2D eigenvalue weighted by Crippen LogP contribution is -2.41. The summed E-state index contributed by atoms with van der Waals surface area (Å²) in [6.07, 6.45) is 21.0. The first-order valence-corrected chi connectivity index (χ1v) is 21.1. The van der Waals surface area contributed by atoms with Crippen LogP contribution in [0.2, 0.25) is 0 Å². The molecule has 1 fully saturated rings. The summed E-state index contributed by atoms with van der Waals surface area (Å²) in [5, 5.41) is 0. The molecule has 2 aliphatic carbocycles. The zero-order valence-electron chi connectivity index (χ0n) is 34.3. The fraction of sp³-hybridized carbons (Fsp3) is 0.622. The van der Waals surface area contributed by atoms with Gasteiger partial charge in [-0.15, -0.1) is 0 Å². The van der Waals surface area contributed by atoms with E-state index in [1.165, 1.54) is 65.6 Å². The Labute approximate surface area is 329 Å². The van der Waals surface area contributed by atoms with Crippen molar-refractivity contribution in [2.75, 3.05) is 14.2 Å². The molecule has 0 N–H and O–H groups in total. The number of rotatable bonds is 5. The number of carbonyl (C=O) groups is 2. The third-order valence-corrected chi connectivity index (χ3v) is 12.2. The van der Waals surface area contributed by atoms with Crippen molar-refractivity contribution in [3.05, 3.63) is 57.9 Å². The van der Waals surface area contributed by atoms with Gasteiger partial charge < -0.3 is 18.8 Å². The minimum atomic E-state index is -0.643. The molecule has 3 aromatic heterocycles. The van der Waals surface area contributed by atoms with Crippen LogP contribution in [-0.2, 0) is 44.5 Å². The minimum Gasteiger partial charge on any atom is -0.465 e. The molecule has 3 aromatic rings.